The average Bonchev–Trinajstić information content (AvgIpc) is 2.95. The zero-order chi connectivity index (χ0) is 14.8. The third-order valence-electron chi connectivity index (χ3n) is 4.11. The molecule has 1 aromatic rings. The summed E-state index contributed by atoms with van der Waals surface area (Å²) in [5, 5.41) is 7.16. The summed E-state index contributed by atoms with van der Waals surface area (Å²) in [6.07, 6.45) is 1.84. The molecule has 0 bridgehead atoms. The average molecular weight is 280 g/mol. The Hall–Kier alpha value is -1.40. The number of methoxy groups -OCH3 is 1. The summed E-state index contributed by atoms with van der Waals surface area (Å²) >= 11 is 0. The Morgan fingerprint density at radius 1 is 1.60 bits per heavy atom. The number of nitrogens with one attached hydrogen (secondary N) is 1. The van der Waals surface area contributed by atoms with Gasteiger partial charge in [0.15, 0.2) is 0 Å². The minimum atomic E-state index is -0.554. The van der Waals surface area contributed by atoms with Crippen LogP contribution in [0, 0.1) is 6.92 Å². The number of likely N-dealkylation sites (N-methyl/N-ethyl adjacent to an activating group) is 1. The van der Waals surface area contributed by atoms with Crippen LogP contribution in [0.4, 0.5) is 0 Å². The highest BCUT2D eigenvalue weighted by atomic mass is 16.5. The smallest absolute Gasteiger partial charge is 0.242 e. The standard InChI is InChI=1S/C14H24N4O2/c1-11-8-12(17(3)16-11)9-18-7-5-6-14(18,10-20-4)13(19)15-2/h8H,5-7,9-10H2,1-4H3,(H,15,19). The predicted octanol–water partition coefficient (Wildman–Crippen LogP) is 0.456. The van der Waals surface area contributed by atoms with Crippen molar-refractivity contribution in [3.8, 4) is 0 Å². The van der Waals surface area contributed by atoms with Crippen molar-refractivity contribution in [1.82, 2.24) is 20.0 Å². The second-order valence-electron chi connectivity index (χ2n) is 5.47. The van der Waals surface area contributed by atoms with Crippen molar-refractivity contribution < 1.29 is 9.53 Å². The molecule has 1 fully saturated rings. The highest BCUT2D eigenvalue weighted by molar-refractivity contribution is 5.86. The molecule has 1 unspecified atom stereocenters. The molecule has 6 heteroatoms. The summed E-state index contributed by atoms with van der Waals surface area (Å²) in [6, 6.07) is 2.07. The molecule has 0 radical (unpaired) electrons. The van der Waals surface area contributed by atoms with Gasteiger partial charge in [-0.05, 0) is 32.4 Å². The molecule has 6 nitrogen and oxygen atoms in total. The number of hydrogen-bond acceptors (Lipinski definition) is 4. The van der Waals surface area contributed by atoms with E-state index in [0.29, 0.717) is 13.2 Å². The monoisotopic (exact) mass is 280 g/mol. The first-order valence-corrected chi connectivity index (χ1v) is 6.99. The SMILES string of the molecule is CNC(=O)C1(COC)CCCN1Cc1cc(C)nn1C. The van der Waals surface area contributed by atoms with E-state index in [1.807, 2.05) is 18.7 Å². The minimum Gasteiger partial charge on any atom is -0.382 e. The van der Waals surface area contributed by atoms with Gasteiger partial charge in [-0.1, -0.05) is 0 Å². The number of rotatable bonds is 5. The number of aryl methyl sites for hydroxylation is 2. The van der Waals surface area contributed by atoms with Gasteiger partial charge in [-0.25, -0.2) is 0 Å². The number of carbonyl (C=O) groups is 1. The molecule has 0 spiro atoms. The number of carbonyl (C=O) groups excluding carboxylic acids is 1. The number of aromatic nitrogens is 2. The Balaban J connectivity index is 2.24. The maximum absolute atomic E-state index is 12.4. The molecule has 1 amide bonds. The van der Waals surface area contributed by atoms with Gasteiger partial charge in [-0.15, -0.1) is 0 Å². The molecule has 0 aliphatic carbocycles. The molecule has 1 atom stereocenters. The van der Waals surface area contributed by atoms with E-state index in [2.05, 4.69) is 21.4 Å². The van der Waals surface area contributed by atoms with Crippen molar-refractivity contribution in [3.63, 3.8) is 0 Å². The van der Waals surface area contributed by atoms with E-state index in [9.17, 15) is 4.79 Å². The molecule has 1 N–H and O–H groups in total. The van der Waals surface area contributed by atoms with Gasteiger partial charge in [0, 0.05) is 27.7 Å². The topological polar surface area (TPSA) is 59.4 Å². The maximum Gasteiger partial charge on any atom is 0.242 e. The van der Waals surface area contributed by atoms with Crippen LogP contribution in [0.1, 0.15) is 24.2 Å². The fourth-order valence-corrected chi connectivity index (χ4v) is 3.13. The van der Waals surface area contributed by atoms with Gasteiger partial charge >= 0.3 is 0 Å². The summed E-state index contributed by atoms with van der Waals surface area (Å²) in [5.74, 6) is 0.0377. The van der Waals surface area contributed by atoms with Crippen LogP contribution in [0.5, 0.6) is 0 Å². The van der Waals surface area contributed by atoms with Crippen molar-refractivity contribution in [2.24, 2.45) is 7.05 Å². The third kappa shape index (κ3) is 2.58. The largest absolute Gasteiger partial charge is 0.382 e. The summed E-state index contributed by atoms with van der Waals surface area (Å²) in [6.45, 7) is 4.02. The first-order valence-electron chi connectivity index (χ1n) is 6.99. The Bertz CT molecular complexity index is 486. The molecule has 2 rings (SSSR count). The summed E-state index contributed by atoms with van der Waals surface area (Å²) in [5.41, 5.74) is 1.56. The molecular formula is C14H24N4O2. The first-order chi connectivity index (χ1) is 9.53. The summed E-state index contributed by atoms with van der Waals surface area (Å²) < 4.78 is 7.21. The number of nitrogens with zero attached hydrogens (tertiary/aromatic N) is 3. The van der Waals surface area contributed by atoms with Crippen LogP contribution in [0.3, 0.4) is 0 Å². The van der Waals surface area contributed by atoms with Crippen molar-refractivity contribution in [2.45, 2.75) is 31.8 Å². The summed E-state index contributed by atoms with van der Waals surface area (Å²) in [4.78, 5) is 14.6. The lowest BCUT2D eigenvalue weighted by atomic mass is 9.95. The zero-order valence-electron chi connectivity index (χ0n) is 12.8. The second-order valence-corrected chi connectivity index (χ2v) is 5.47. The molecule has 1 aromatic heterocycles. The Morgan fingerprint density at radius 3 is 2.90 bits per heavy atom. The van der Waals surface area contributed by atoms with Gasteiger partial charge in [-0.3, -0.25) is 14.4 Å². The van der Waals surface area contributed by atoms with Crippen molar-refractivity contribution in [2.75, 3.05) is 27.3 Å². The van der Waals surface area contributed by atoms with E-state index in [4.69, 9.17) is 4.74 Å². The van der Waals surface area contributed by atoms with E-state index in [0.717, 1.165) is 30.8 Å². The minimum absolute atomic E-state index is 0.0377. The fourth-order valence-electron chi connectivity index (χ4n) is 3.13. The van der Waals surface area contributed by atoms with Crippen LogP contribution in [0.25, 0.3) is 0 Å². The molecule has 0 saturated carbocycles. The number of ether oxygens (including phenoxy) is 1. The van der Waals surface area contributed by atoms with Crippen LogP contribution in [0.2, 0.25) is 0 Å². The lowest BCUT2D eigenvalue weighted by Gasteiger charge is -2.36. The van der Waals surface area contributed by atoms with Gasteiger partial charge in [0.1, 0.15) is 5.54 Å². The highest BCUT2D eigenvalue weighted by Crippen LogP contribution is 2.31. The molecule has 20 heavy (non-hydrogen) atoms. The molecule has 0 aromatic carbocycles. The quantitative estimate of drug-likeness (QED) is 0.851. The van der Waals surface area contributed by atoms with Crippen LogP contribution in [-0.2, 0) is 23.1 Å². The molecular weight excluding hydrogens is 256 g/mol. The van der Waals surface area contributed by atoms with Gasteiger partial charge in [-0.2, -0.15) is 5.10 Å². The van der Waals surface area contributed by atoms with Crippen molar-refractivity contribution >= 4 is 5.91 Å². The molecule has 1 aliphatic heterocycles. The van der Waals surface area contributed by atoms with Crippen LogP contribution in [0.15, 0.2) is 6.07 Å². The van der Waals surface area contributed by atoms with E-state index in [1.165, 1.54) is 0 Å². The van der Waals surface area contributed by atoms with Gasteiger partial charge in [0.25, 0.3) is 0 Å². The van der Waals surface area contributed by atoms with E-state index in [1.54, 1.807) is 14.2 Å². The molecule has 1 aliphatic rings. The number of amides is 1. The van der Waals surface area contributed by atoms with Gasteiger partial charge < -0.3 is 10.1 Å². The lowest BCUT2D eigenvalue weighted by Crippen LogP contribution is -2.57. The molecule has 1 saturated heterocycles. The van der Waals surface area contributed by atoms with Crippen LogP contribution in [-0.4, -0.2) is 53.4 Å². The number of hydrogen-bond donors (Lipinski definition) is 1. The fraction of sp³-hybridized carbons (Fsp3) is 0.714. The first kappa shape index (κ1) is 15.0. The highest BCUT2D eigenvalue weighted by Gasteiger charge is 2.47. The predicted molar refractivity (Wildman–Crippen MR) is 76.3 cm³/mol. The second kappa shape index (κ2) is 5.93. The zero-order valence-corrected chi connectivity index (χ0v) is 12.8. The van der Waals surface area contributed by atoms with Gasteiger partial charge in [0.05, 0.1) is 18.0 Å². The molecule has 2 heterocycles. The van der Waals surface area contributed by atoms with E-state index < -0.39 is 5.54 Å². The van der Waals surface area contributed by atoms with Gasteiger partial charge in [0.2, 0.25) is 5.91 Å². The van der Waals surface area contributed by atoms with Crippen molar-refractivity contribution in [1.29, 1.82) is 0 Å². The van der Waals surface area contributed by atoms with Crippen molar-refractivity contribution in [3.05, 3.63) is 17.5 Å². The lowest BCUT2D eigenvalue weighted by molar-refractivity contribution is -0.135. The van der Waals surface area contributed by atoms with Crippen LogP contribution < -0.4 is 5.32 Å². The van der Waals surface area contributed by atoms with Crippen LogP contribution >= 0.6 is 0 Å². The Kier molecular flexibility index (Phi) is 4.45. The normalized spacial score (nSPS) is 23.2. The molecule has 112 valence electrons. The van der Waals surface area contributed by atoms with E-state index >= 15 is 0 Å². The Labute approximate surface area is 120 Å². The summed E-state index contributed by atoms with van der Waals surface area (Å²) in [7, 11) is 5.27. The Morgan fingerprint density at radius 2 is 2.35 bits per heavy atom. The maximum atomic E-state index is 12.4. The third-order valence-corrected chi connectivity index (χ3v) is 4.11. The van der Waals surface area contributed by atoms with E-state index in [-0.39, 0.29) is 5.91 Å². The number of likely N-dealkylation sites (tertiary alicyclic amines) is 1.